The third kappa shape index (κ3) is 2.79. The van der Waals surface area contributed by atoms with Gasteiger partial charge in [-0.25, -0.2) is 10.8 Å². The summed E-state index contributed by atoms with van der Waals surface area (Å²) in [5.41, 5.74) is 5.16. The van der Waals surface area contributed by atoms with Crippen LogP contribution in [0.1, 0.15) is 5.69 Å². The molecule has 0 aliphatic carbocycles. The number of rotatable bonds is 3. The van der Waals surface area contributed by atoms with Gasteiger partial charge in [0.05, 0.1) is 15.7 Å². The summed E-state index contributed by atoms with van der Waals surface area (Å²) in [5.74, 6) is 6.30. The van der Waals surface area contributed by atoms with E-state index in [1.165, 1.54) is 0 Å². The fraction of sp³-hybridized carbons (Fsp3) is 0.0714. The van der Waals surface area contributed by atoms with Crippen LogP contribution in [0.3, 0.4) is 0 Å². The molecule has 0 aliphatic rings. The van der Waals surface area contributed by atoms with Gasteiger partial charge in [0.15, 0.2) is 0 Å². The smallest absolute Gasteiger partial charge is 0.239 e. The van der Waals surface area contributed by atoms with Gasteiger partial charge in [0, 0.05) is 17.3 Å². The second kappa shape index (κ2) is 5.63. The van der Waals surface area contributed by atoms with E-state index in [0.717, 1.165) is 26.8 Å². The lowest BCUT2D eigenvalue weighted by molar-refractivity contribution is 1.11. The van der Waals surface area contributed by atoms with Crippen molar-refractivity contribution >= 4 is 44.3 Å². The largest absolute Gasteiger partial charge is 0.337 e. The van der Waals surface area contributed by atoms with Gasteiger partial charge in [-0.1, -0.05) is 18.2 Å². The Kier molecular flexibility index (Phi) is 3.68. The summed E-state index contributed by atoms with van der Waals surface area (Å²) in [7, 11) is 0. The molecule has 2 aromatic heterocycles. The van der Waals surface area contributed by atoms with Gasteiger partial charge in [-0.3, -0.25) is 10.4 Å². The lowest BCUT2D eigenvalue weighted by Crippen LogP contribution is -2.11. The molecule has 0 unspecified atom stereocenters. The average Bonchev–Trinajstić information content (AvgIpc) is 2.50. The van der Waals surface area contributed by atoms with Crippen LogP contribution in [-0.2, 0) is 0 Å². The fourth-order valence-electron chi connectivity index (χ4n) is 2.00. The lowest BCUT2D eigenvalue weighted by atomic mass is 10.1. The van der Waals surface area contributed by atoms with Crippen LogP contribution in [0.25, 0.3) is 10.9 Å². The number of fused-ring (bicyclic) bond motifs is 1. The summed E-state index contributed by atoms with van der Waals surface area (Å²) in [6.07, 6.45) is 1.63. The minimum absolute atomic E-state index is 0.338. The number of para-hydroxylation sites is 1. The zero-order valence-electron chi connectivity index (χ0n) is 11.3. The van der Waals surface area contributed by atoms with Crippen LogP contribution >= 0.6 is 15.9 Å². The van der Waals surface area contributed by atoms with Gasteiger partial charge >= 0.3 is 0 Å². The Morgan fingerprint density at radius 3 is 2.81 bits per heavy atom. The quantitative estimate of drug-likeness (QED) is 0.499. The highest BCUT2D eigenvalue weighted by Crippen LogP contribution is 2.28. The summed E-state index contributed by atoms with van der Waals surface area (Å²) < 4.78 is 0.742. The van der Waals surface area contributed by atoms with Crippen LogP contribution in [0.2, 0.25) is 0 Å². The highest BCUT2D eigenvalue weighted by atomic mass is 79.9. The number of hydrazine groups is 1. The molecule has 0 bridgehead atoms. The minimum atomic E-state index is 0.338. The molecule has 0 aliphatic heterocycles. The minimum Gasteiger partial charge on any atom is -0.337 e. The van der Waals surface area contributed by atoms with E-state index >= 15 is 0 Å². The predicted octanol–water partition coefficient (Wildman–Crippen LogP) is 3.12. The molecule has 0 atom stereocenters. The normalized spacial score (nSPS) is 10.6. The molecule has 1 aromatic carbocycles. The standard InChI is InChI=1S/C14H13BrN6/c1-8-5-6-9-3-2-4-11(12(9)18-8)19-13-10(15)7-17-14(20-13)21-16/h2-7H,16H2,1H3,(H2,17,19,20,21). The molecule has 0 saturated heterocycles. The Morgan fingerprint density at radius 2 is 2.00 bits per heavy atom. The van der Waals surface area contributed by atoms with Crippen molar-refractivity contribution in [3.8, 4) is 0 Å². The number of aryl methyl sites for hydroxylation is 1. The number of anilines is 3. The van der Waals surface area contributed by atoms with Gasteiger partial charge in [0.25, 0.3) is 0 Å². The number of aromatic nitrogens is 3. The Balaban J connectivity index is 2.08. The predicted molar refractivity (Wildman–Crippen MR) is 87.3 cm³/mol. The van der Waals surface area contributed by atoms with Crippen LogP contribution in [0.4, 0.5) is 17.5 Å². The molecule has 4 N–H and O–H groups in total. The molecule has 3 aromatic rings. The monoisotopic (exact) mass is 344 g/mol. The van der Waals surface area contributed by atoms with E-state index in [2.05, 4.69) is 41.6 Å². The van der Waals surface area contributed by atoms with E-state index in [-0.39, 0.29) is 0 Å². The molecule has 0 spiro atoms. The number of nitrogens with zero attached hydrogens (tertiary/aromatic N) is 3. The third-order valence-electron chi connectivity index (χ3n) is 2.99. The number of hydrogen-bond acceptors (Lipinski definition) is 6. The van der Waals surface area contributed by atoms with Crippen molar-refractivity contribution in [3.63, 3.8) is 0 Å². The van der Waals surface area contributed by atoms with Gasteiger partial charge < -0.3 is 5.32 Å². The highest BCUT2D eigenvalue weighted by Gasteiger charge is 2.08. The first-order valence-corrected chi connectivity index (χ1v) is 7.09. The van der Waals surface area contributed by atoms with Gasteiger partial charge in [0.2, 0.25) is 5.95 Å². The second-order valence-corrected chi connectivity index (χ2v) is 5.34. The average molecular weight is 345 g/mol. The lowest BCUT2D eigenvalue weighted by Gasteiger charge is -2.11. The van der Waals surface area contributed by atoms with E-state index in [0.29, 0.717) is 11.8 Å². The van der Waals surface area contributed by atoms with Crippen molar-refractivity contribution in [1.29, 1.82) is 0 Å². The third-order valence-corrected chi connectivity index (χ3v) is 3.57. The maximum atomic E-state index is 5.34. The molecule has 7 heteroatoms. The van der Waals surface area contributed by atoms with Crippen molar-refractivity contribution < 1.29 is 0 Å². The zero-order chi connectivity index (χ0) is 14.8. The molecule has 0 radical (unpaired) electrons. The topological polar surface area (TPSA) is 88.8 Å². The van der Waals surface area contributed by atoms with Crippen LogP contribution in [0.5, 0.6) is 0 Å². The SMILES string of the molecule is Cc1ccc2cccc(Nc3nc(NN)ncc3Br)c2n1. The molecule has 21 heavy (non-hydrogen) atoms. The highest BCUT2D eigenvalue weighted by molar-refractivity contribution is 9.10. The van der Waals surface area contributed by atoms with E-state index in [4.69, 9.17) is 5.84 Å². The van der Waals surface area contributed by atoms with Crippen molar-refractivity contribution in [1.82, 2.24) is 15.0 Å². The number of hydrogen-bond donors (Lipinski definition) is 3. The molecule has 0 fully saturated rings. The fourth-order valence-corrected chi connectivity index (χ4v) is 2.29. The summed E-state index contributed by atoms with van der Waals surface area (Å²) in [6, 6.07) is 9.99. The van der Waals surface area contributed by atoms with E-state index in [9.17, 15) is 0 Å². The van der Waals surface area contributed by atoms with Crippen molar-refractivity contribution in [2.75, 3.05) is 10.7 Å². The van der Waals surface area contributed by atoms with Gasteiger partial charge in [-0.05, 0) is 35.0 Å². The second-order valence-electron chi connectivity index (χ2n) is 4.49. The van der Waals surface area contributed by atoms with Crippen LogP contribution in [0, 0.1) is 6.92 Å². The molecular weight excluding hydrogens is 332 g/mol. The first-order valence-electron chi connectivity index (χ1n) is 6.30. The number of nitrogens with two attached hydrogens (primary N) is 1. The number of nitrogen functional groups attached to an aromatic ring is 1. The first kappa shape index (κ1) is 13.7. The van der Waals surface area contributed by atoms with E-state index in [1.807, 2.05) is 37.3 Å². The van der Waals surface area contributed by atoms with E-state index in [1.54, 1.807) is 6.20 Å². The van der Waals surface area contributed by atoms with Crippen molar-refractivity contribution in [2.45, 2.75) is 6.92 Å². The molecule has 6 nitrogen and oxygen atoms in total. The van der Waals surface area contributed by atoms with Crippen LogP contribution in [0.15, 0.2) is 41.0 Å². The Morgan fingerprint density at radius 1 is 1.14 bits per heavy atom. The molecule has 3 rings (SSSR count). The number of pyridine rings is 1. The van der Waals surface area contributed by atoms with Gasteiger partial charge in [-0.2, -0.15) is 4.98 Å². The molecule has 0 saturated carbocycles. The Labute approximate surface area is 129 Å². The number of halogens is 1. The number of nitrogens with one attached hydrogen (secondary N) is 2. The van der Waals surface area contributed by atoms with Crippen molar-refractivity contribution in [3.05, 3.63) is 46.7 Å². The summed E-state index contributed by atoms with van der Waals surface area (Å²) in [4.78, 5) is 12.9. The van der Waals surface area contributed by atoms with Crippen LogP contribution < -0.4 is 16.6 Å². The maximum Gasteiger partial charge on any atom is 0.239 e. The summed E-state index contributed by atoms with van der Waals surface area (Å²) >= 11 is 3.42. The molecule has 106 valence electrons. The van der Waals surface area contributed by atoms with E-state index < -0.39 is 0 Å². The van der Waals surface area contributed by atoms with Gasteiger partial charge in [0.1, 0.15) is 5.82 Å². The molecular formula is C14H13BrN6. The summed E-state index contributed by atoms with van der Waals surface area (Å²) in [5, 5.41) is 4.32. The zero-order valence-corrected chi connectivity index (χ0v) is 12.8. The van der Waals surface area contributed by atoms with Crippen LogP contribution in [-0.4, -0.2) is 15.0 Å². The first-order chi connectivity index (χ1) is 10.2. The molecule has 0 amide bonds. The summed E-state index contributed by atoms with van der Waals surface area (Å²) in [6.45, 7) is 1.97. The number of benzene rings is 1. The Bertz CT molecular complexity index is 805. The maximum absolute atomic E-state index is 5.34. The van der Waals surface area contributed by atoms with Gasteiger partial charge in [-0.15, -0.1) is 0 Å². The van der Waals surface area contributed by atoms with Crippen molar-refractivity contribution in [2.24, 2.45) is 5.84 Å². The molecule has 2 heterocycles. The Hall–Kier alpha value is -2.25.